The number of thioether (sulfide) groups is 1. The quantitative estimate of drug-likeness (QED) is 0.380. The third-order valence-corrected chi connectivity index (χ3v) is 7.48. The van der Waals surface area contributed by atoms with Crippen LogP contribution in [0.1, 0.15) is 58.1 Å². The first kappa shape index (κ1) is 24.9. The van der Waals surface area contributed by atoms with E-state index in [9.17, 15) is 19.5 Å². The number of hydrogen-bond acceptors (Lipinski definition) is 10. The summed E-state index contributed by atoms with van der Waals surface area (Å²) in [5, 5.41) is 24.3. The number of aromatic hydroxyl groups is 1. The Kier molecular flexibility index (Phi) is 6.26. The normalized spacial score (nSPS) is 23.9. The van der Waals surface area contributed by atoms with Gasteiger partial charge in [0.25, 0.3) is 0 Å². The van der Waals surface area contributed by atoms with Crippen LogP contribution >= 0.6 is 11.8 Å². The Morgan fingerprint density at radius 2 is 1.94 bits per heavy atom. The van der Waals surface area contributed by atoms with E-state index in [0.29, 0.717) is 11.4 Å². The Hall–Kier alpha value is -3.19. The van der Waals surface area contributed by atoms with Crippen molar-refractivity contribution in [1.29, 1.82) is 0 Å². The largest absolute Gasteiger partial charge is 0.508 e. The van der Waals surface area contributed by atoms with Crippen molar-refractivity contribution in [3.63, 3.8) is 0 Å². The van der Waals surface area contributed by atoms with E-state index < -0.39 is 40.2 Å². The molecule has 2 aliphatic rings. The highest BCUT2D eigenvalue weighted by Crippen LogP contribution is 2.56. The number of nitrogens with one attached hydrogen (secondary N) is 1. The van der Waals surface area contributed by atoms with E-state index in [2.05, 4.69) is 20.7 Å². The van der Waals surface area contributed by atoms with Crippen molar-refractivity contribution in [2.45, 2.75) is 69.6 Å². The van der Waals surface area contributed by atoms with Crippen molar-refractivity contribution in [3.05, 3.63) is 35.7 Å². The predicted molar refractivity (Wildman–Crippen MR) is 125 cm³/mol. The van der Waals surface area contributed by atoms with Crippen molar-refractivity contribution < 1.29 is 24.2 Å². The molecule has 0 radical (unpaired) electrons. The summed E-state index contributed by atoms with van der Waals surface area (Å²) in [6, 6.07) is 3.83. The van der Waals surface area contributed by atoms with Gasteiger partial charge in [0.2, 0.25) is 18.5 Å². The van der Waals surface area contributed by atoms with Crippen molar-refractivity contribution >= 4 is 29.5 Å². The number of β-lactam (4-membered cyclic amide) rings is 1. The third kappa shape index (κ3) is 4.69. The average Bonchev–Trinajstić information content (AvgIpc) is 3.34. The van der Waals surface area contributed by atoms with Gasteiger partial charge in [0.05, 0.1) is 5.41 Å². The molecule has 13 heteroatoms. The molecule has 188 valence electrons. The van der Waals surface area contributed by atoms with Crippen LogP contribution in [0, 0.1) is 5.41 Å². The predicted octanol–water partition coefficient (Wildman–Crippen LogP) is 0.845. The van der Waals surface area contributed by atoms with E-state index in [1.54, 1.807) is 37.8 Å². The van der Waals surface area contributed by atoms with Crippen LogP contribution in [0.25, 0.3) is 0 Å². The number of esters is 1. The summed E-state index contributed by atoms with van der Waals surface area (Å²) >= 11 is 1.53. The maximum absolute atomic E-state index is 13.1. The summed E-state index contributed by atoms with van der Waals surface area (Å²) in [6.45, 7) is 8.99. The molecule has 2 aliphatic heterocycles. The van der Waals surface area contributed by atoms with Crippen LogP contribution in [0.5, 0.6) is 5.75 Å². The number of aromatic nitrogens is 4. The lowest BCUT2D eigenvalue weighted by Gasteiger charge is -2.44. The van der Waals surface area contributed by atoms with Crippen molar-refractivity contribution in [3.8, 4) is 5.75 Å². The number of amides is 2. The second-order valence-electron chi connectivity index (χ2n) is 10.1. The molecule has 4 atom stereocenters. The highest BCUT2D eigenvalue weighted by molar-refractivity contribution is 8.01. The first-order valence-corrected chi connectivity index (χ1v) is 12.0. The number of nitrogens with zero attached hydrogens (tertiary/aromatic N) is 5. The van der Waals surface area contributed by atoms with E-state index in [0.717, 1.165) is 0 Å². The van der Waals surface area contributed by atoms with Crippen molar-refractivity contribution in [2.75, 3.05) is 0 Å². The Bertz CT molecular complexity index is 1140. The number of nitrogens with two attached hydrogens (primary N) is 1. The number of hydrogen-bond donors (Lipinski definition) is 3. The van der Waals surface area contributed by atoms with Gasteiger partial charge in [-0.3, -0.25) is 14.4 Å². The van der Waals surface area contributed by atoms with Gasteiger partial charge in [0.15, 0.2) is 5.82 Å². The molecule has 2 amide bonds. The van der Waals surface area contributed by atoms with Gasteiger partial charge in [0.1, 0.15) is 29.2 Å². The van der Waals surface area contributed by atoms with E-state index in [1.807, 2.05) is 13.8 Å². The second-order valence-corrected chi connectivity index (χ2v) is 11.9. The summed E-state index contributed by atoms with van der Waals surface area (Å²) in [7, 11) is 0. The Morgan fingerprint density at radius 3 is 2.57 bits per heavy atom. The molecular weight excluding hydrogens is 474 g/mol. The molecule has 2 saturated heterocycles. The molecule has 1 aromatic heterocycles. The molecule has 2 fully saturated rings. The van der Waals surface area contributed by atoms with E-state index in [-0.39, 0.29) is 23.8 Å². The molecule has 4 rings (SSSR count). The van der Waals surface area contributed by atoms with Gasteiger partial charge in [-0.25, -0.2) is 0 Å². The minimum absolute atomic E-state index is 0.0692. The SMILES string of the molecule is CC(C)(C)C(=O)OCn1nnc(C2N3C(=O)C(NC(=O)[C@H](N)c4ccc(O)cc4)[C@H]3SC2(C)C)n1. The van der Waals surface area contributed by atoms with Crippen molar-refractivity contribution in [1.82, 2.24) is 30.4 Å². The first-order valence-electron chi connectivity index (χ1n) is 11.1. The van der Waals surface area contributed by atoms with Crippen LogP contribution < -0.4 is 11.1 Å². The smallest absolute Gasteiger partial charge is 0.313 e. The van der Waals surface area contributed by atoms with Crippen LogP contribution in [0.2, 0.25) is 0 Å². The summed E-state index contributed by atoms with van der Waals surface area (Å²) in [4.78, 5) is 40.6. The molecule has 1 aromatic carbocycles. The fourth-order valence-electron chi connectivity index (χ4n) is 3.99. The number of benzene rings is 1. The van der Waals surface area contributed by atoms with Gasteiger partial charge < -0.3 is 25.8 Å². The lowest BCUT2D eigenvalue weighted by Crippen LogP contribution is -2.68. The van der Waals surface area contributed by atoms with Crippen molar-refractivity contribution in [2.24, 2.45) is 11.1 Å². The molecule has 0 aliphatic carbocycles. The van der Waals surface area contributed by atoms with E-state index in [1.165, 1.54) is 28.7 Å². The van der Waals surface area contributed by atoms with E-state index in [4.69, 9.17) is 10.5 Å². The summed E-state index contributed by atoms with van der Waals surface area (Å²) in [6.07, 6.45) is 0. The Labute approximate surface area is 206 Å². The second kappa shape index (κ2) is 8.79. The number of phenols is 1. The summed E-state index contributed by atoms with van der Waals surface area (Å²) in [5.41, 5.74) is 5.92. The van der Waals surface area contributed by atoms with Crippen LogP contribution in [-0.4, -0.2) is 64.2 Å². The fraction of sp³-hybridized carbons (Fsp3) is 0.545. The molecule has 0 spiro atoms. The summed E-state index contributed by atoms with van der Waals surface area (Å²) < 4.78 is 4.77. The lowest BCUT2D eigenvalue weighted by atomic mass is 9.95. The third-order valence-electron chi connectivity index (χ3n) is 5.91. The number of rotatable bonds is 6. The molecule has 35 heavy (non-hydrogen) atoms. The minimum Gasteiger partial charge on any atom is -0.508 e. The zero-order valence-electron chi connectivity index (χ0n) is 20.1. The van der Waals surface area contributed by atoms with Gasteiger partial charge in [-0.15, -0.1) is 26.8 Å². The highest BCUT2D eigenvalue weighted by atomic mass is 32.2. The number of tetrazole rings is 1. The number of phenolic OH excluding ortho intramolecular Hbond substituents is 1. The molecule has 0 bridgehead atoms. The fourth-order valence-corrected chi connectivity index (χ4v) is 5.62. The molecule has 12 nitrogen and oxygen atoms in total. The number of fused-ring (bicyclic) bond motifs is 1. The lowest BCUT2D eigenvalue weighted by molar-refractivity contribution is -0.158. The number of ether oxygens (including phenoxy) is 1. The maximum Gasteiger partial charge on any atom is 0.313 e. The van der Waals surface area contributed by atoms with Gasteiger partial charge in [-0.1, -0.05) is 12.1 Å². The van der Waals surface area contributed by atoms with Crippen LogP contribution in [0.15, 0.2) is 24.3 Å². The zero-order valence-corrected chi connectivity index (χ0v) is 20.9. The van der Waals surface area contributed by atoms with Crippen LogP contribution in [-0.2, 0) is 25.9 Å². The maximum atomic E-state index is 13.1. The monoisotopic (exact) mass is 503 g/mol. The van der Waals surface area contributed by atoms with Crippen LogP contribution in [0.3, 0.4) is 0 Å². The zero-order chi connectivity index (χ0) is 25.7. The molecule has 3 heterocycles. The van der Waals surface area contributed by atoms with Gasteiger partial charge in [0, 0.05) is 4.75 Å². The molecule has 2 unspecified atom stereocenters. The van der Waals surface area contributed by atoms with Gasteiger partial charge >= 0.3 is 5.97 Å². The summed E-state index contributed by atoms with van der Waals surface area (Å²) in [5.74, 6) is -0.745. The first-order chi connectivity index (χ1) is 16.3. The van der Waals surface area contributed by atoms with Crippen LogP contribution in [0.4, 0.5) is 0 Å². The molecular formula is C22H29N7O5S. The van der Waals surface area contributed by atoms with Gasteiger partial charge in [-0.2, -0.15) is 0 Å². The molecule has 4 N–H and O–H groups in total. The van der Waals surface area contributed by atoms with Gasteiger partial charge in [-0.05, 0) is 57.5 Å². The Morgan fingerprint density at radius 1 is 1.29 bits per heavy atom. The number of carbonyl (C=O) groups is 3. The Balaban J connectivity index is 1.43. The molecule has 0 saturated carbocycles. The topological polar surface area (TPSA) is 166 Å². The standard InChI is InChI=1S/C22H29N7O5S/c1-21(2,3)20(33)34-10-28-26-16(25-27-28)15-22(4,5)35-19-14(18(32)29(15)19)24-17(31)13(23)11-6-8-12(30)9-7-11/h6-9,13-15,19,30H,10,23H2,1-5H3,(H,24,31)/t13-,14?,15?,19-/m1/s1. The number of carbonyl (C=O) groups excluding carboxylic acids is 3. The minimum atomic E-state index is -0.981. The highest BCUT2D eigenvalue weighted by Gasteiger charge is 2.63. The average molecular weight is 504 g/mol. The van der Waals surface area contributed by atoms with E-state index >= 15 is 0 Å². The molecule has 2 aromatic rings.